The Morgan fingerprint density at radius 3 is 2.54 bits per heavy atom. The fourth-order valence-corrected chi connectivity index (χ4v) is 4.36. The van der Waals surface area contributed by atoms with E-state index < -0.39 is 22.8 Å². The summed E-state index contributed by atoms with van der Waals surface area (Å²) < 4.78 is 37.5. The van der Waals surface area contributed by atoms with E-state index in [4.69, 9.17) is 0 Å². The average molecular weight is 366 g/mol. The van der Waals surface area contributed by atoms with Gasteiger partial charge in [0.15, 0.2) is 0 Å². The highest BCUT2D eigenvalue weighted by atomic mass is 32.1. The molecule has 6 nitrogen and oxygen atoms in total. The lowest BCUT2D eigenvalue weighted by Gasteiger charge is -2.47. The number of carbonyl (C=O) groups is 1. The highest BCUT2D eigenvalue weighted by Crippen LogP contribution is 2.43. The molecule has 0 aromatic carbocycles. The van der Waals surface area contributed by atoms with Crippen LogP contribution in [0, 0.1) is 11.3 Å². The number of aliphatic hydroxyl groups excluding tert-OH is 1. The van der Waals surface area contributed by atoms with Crippen molar-refractivity contribution in [2.45, 2.75) is 51.7 Å². The van der Waals surface area contributed by atoms with Crippen LogP contribution < -0.4 is 10.6 Å². The number of nitrogens with zero attached hydrogens (tertiary/aromatic N) is 2. The third-order valence-corrected chi connectivity index (χ3v) is 4.91. The zero-order valence-electron chi connectivity index (χ0n) is 13.7. The lowest BCUT2D eigenvalue weighted by atomic mass is 9.64. The van der Waals surface area contributed by atoms with Crippen molar-refractivity contribution >= 4 is 22.5 Å². The van der Waals surface area contributed by atoms with Gasteiger partial charge in [0.25, 0.3) is 0 Å². The van der Waals surface area contributed by atoms with Crippen molar-refractivity contribution in [2.75, 3.05) is 11.9 Å². The van der Waals surface area contributed by atoms with Crippen LogP contribution in [0.4, 0.5) is 23.1 Å². The predicted octanol–water partition coefficient (Wildman–Crippen LogP) is 3.26. The predicted molar refractivity (Wildman–Crippen MR) is 83.7 cm³/mol. The number of halogens is 3. The second-order valence-electron chi connectivity index (χ2n) is 7.28. The minimum absolute atomic E-state index is 0.0557. The molecule has 2 rings (SSSR count). The minimum atomic E-state index is -4.59. The highest BCUT2D eigenvalue weighted by Gasteiger charge is 2.43. The molecule has 1 aromatic heterocycles. The summed E-state index contributed by atoms with van der Waals surface area (Å²) in [5, 5.41) is 19.8. The summed E-state index contributed by atoms with van der Waals surface area (Å²) >= 11 is 0.255. The van der Waals surface area contributed by atoms with Crippen molar-refractivity contribution < 1.29 is 23.1 Å². The van der Waals surface area contributed by atoms with Gasteiger partial charge in [0.05, 0.1) is 12.1 Å². The molecule has 1 aromatic rings. The first kappa shape index (κ1) is 18.9. The number of nitrogens with one attached hydrogen (secondary N) is 2. The van der Waals surface area contributed by atoms with Gasteiger partial charge >= 0.3 is 12.2 Å². The Morgan fingerprint density at radius 2 is 2.04 bits per heavy atom. The molecule has 1 aliphatic rings. The summed E-state index contributed by atoms with van der Waals surface area (Å²) in [6, 6.07) is -0.696. The summed E-state index contributed by atoms with van der Waals surface area (Å²) in [7, 11) is 0. The fraction of sp³-hybridized carbons (Fsp3) is 0.786. The minimum Gasteiger partial charge on any atom is -0.394 e. The number of hydrogen-bond donors (Lipinski definition) is 3. The van der Waals surface area contributed by atoms with E-state index in [1.165, 1.54) is 0 Å². The molecule has 2 amide bonds. The number of alkyl halides is 3. The number of aliphatic hydroxyl groups is 1. The van der Waals surface area contributed by atoms with Gasteiger partial charge in [-0.25, -0.2) is 4.79 Å². The van der Waals surface area contributed by atoms with Gasteiger partial charge in [-0.15, -0.1) is 10.2 Å². The Morgan fingerprint density at radius 1 is 1.38 bits per heavy atom. The zero-order valence-corrected chi connectivity index (χ0v) is 14.5. The number of anilines is 1. The van der Waals surface area contributed by atoms with Crippen LogP contribution in [0.15, 0.2) is 0 Å². The second kappa shape index (κ2) is 6.47. The van der Waals surface area contributed by atoms with E-state index in [9.17, 15) is 23.1 Å². The van der Waals surface area contributed by atoms with E-state index in [1.807, 2.05) is 6.92 Å². The van der Waals surface area contributed by atoms with E-state index in [0.717, 1.165) is 6.42 Å². The summed E-state index contributed by atoms with van der Waals surface area (Å²) in [4.78, 5) is 12.1. The molecule has 0 unspecified atom stereocenters. The smallest absolute Gasteiger partial charge is 0.394 e. The largest absolute Gasteiger partial charge is 0.445 e. The van der Waals surface area contributed by atoms with Crippen molar-refractivity contribution in [3.05, 3.63) is 5.01 Å². The number of urea groups is 1. The molecular formula is C14H21F3N4O2S. The molecule has 1 aliphatic carbocycles. The third kappa shape index (κ3) is 4.56. The van der Waals surface area contributed by atoms with Gasteiger partial charge in [-0.1, -0.05) is 32.1 Å². The molecule has 0 bridgehead atoms. The molecular weight excluding hydrogens is 345 g/mol. The molecule has 0 radical (unpaired) electrons. The van der Waals surface area contributed by atoms with Crippen LogP contribution in [0.25, 0.3) is 0 Å². The van der Waals surface area contributed by atoms with Crippen LogP contribution >= 0.6 is 11.3 Å². The monoisotopic (exact) mass is 366 g/mol. The molecule has 1 saturated carbocycles. The molecule has 0 aliphatic heterocycles. The Hall–Kier alpha value is -1.42. The van der Waals surface area contributed by atoms with Crippen LogP contribution in [-0.2, 0) is 6.18 Å². The quantitative estimate of drug-likeness (QED) is 0.766. The maximum Gasteiger partial charge on any atom is 0.445 e. The summed E-state index contributed by atoms with van der Waals surface area (Å²) in [5.74, 6) is 0.305. The van der Waals surface area contributed by atoms with Gasteiger partial charge < -0.3 is 10.4 Å². The van der Waals surface area contributed by atoms with Crippen molar-refractivity contribution in [1.29, 1.82) is 0 Å². The second-order valence-corrected chi connectivity index (χ2v) is 8.26. The number of carbonyl (C=O) groups excluding carboxylic acids is 1. The van der Waals surface area contributed by atoms with Gasteiger partial charge in [-0.05, 0) is 30.6 Å². The van der Waals surface area contributed by atoms with Gasteiger partial charge in [0.2, 0.25) is 10.1 Å². The molecule has 1 fully saturated rings. The van der Waals surface area contributed by atoms with Crippen molar-refractivity contribution in [3.63, 3.8) is 0 Å². The van der Waals surface area contributed by atoms with E-state index in [0.29, 0.717) is 18.8 Å². The zero-order chi connectivity index (χ0) is 18.2. The average Bonchev–Trinajstić information content (AvgIpc) is 2.84. The van der Waals surface area contributed by atoms with E-state index in [2.05, 4.69) is 34.7 Å². The Balaban J connectivity index is 2.06. The number of rotatable bonds is 3. The van der Waals surface area contributed by atoms with Gasteiger partial charge in [-0.2, -0.15) is 13.2 Å². The summed E-state index contributed by atoms with van der Waals surface area (Å²) in [6.07, 6.45) is -2.44. The van der Waals surface area contributed by atoms with E-state index in [1.54, 1.807) is 0 Å². The van der Waals surface area contributed by atoms with Crippen LogP contribution in [0.3, 0.4) is 0 Å². The van der Waals surface area contributed by atoms with Crippen molar-refractivity contribution in [2.24, 2.45) is 11.3 Å². The van der Waals surface area contributed by atoms with Crippen molar-refractivity contribution in [3.8, 4) is 0 Å². The number of amides is 2. The normalized spacial score (nSPS) is 26.9. The Labute approximate surface area is 141 Å². The van der Waals surface area contributed by atoms with E-state index >= 15 is 0 Å². The molecule has 24 heavy (non-hydrogen) atoms. The number of hydrogen-bond acceptors (Lipinski definition) is 5. The SMILES string of the molecule is C[C@H]1CC(C)(C)C[C@@](CO)(NC(=O)Nc2nnc(C(F)(F)F)s2)C1. The lowest BCUT2D eigenvalue weighted by molar-refractivity contribution is -0.138. The summed E-state index contributed by atoms with van der Waals surface area (Å²) in [5.41, 5.74) is -0.858. The molecule has 1 heterocycles. The van der Waals surface area contributed by atoms with Crippen molar-refractivity contribution in [1.82, 2.24) is 15.5 Å². The van der Waals surface area contributed by atoms with Crippen LogP contribution in [0.5, 0.6) is 0 Å². The molecule has 2 atom stereocenters. The van der Waals surface area contributed by atoms with Crippen LogP contribution in [0.1, 0.15) is 45.0 Å². The third-order valence-electron chi connectivity index (χ3n) is 4.03. The molecule has 0 spiro atoms. The Bertz CT molecular complexity index is 605. The highest BCUT2D eigenvalue weighted by molar-refractivity contribution is 7.15. The lowest BCUT2D eigenvalue weighted by Crippen LogP contribution is -2.58. The standard InChI is InChI=1S/C14H21F3N4O2S/c1-8-4-12(2,3)6-13(5-8,7-22)19-10(23)18-11-21-20-9(24-11)14(15,16)17/h8,22H,4-7H2,1-3H3,(H2,18,19,21,23)/t8-,13-/m0/s1. The van der Waals surface area contributed by atoms with Crippen LogP contribution in [-0.4, -0.2) is 33.5 Å². The molecule has 3 N–H and O–H groups in total. The van der Waals surface area contributed by atoms with Crippen LogP contribution in [0.2, 0.25) is 0 Å². The molecule has 0 saturated heterocycles. The van der Waals surface area contributed by atoms with Gasteiger partial charge in [0.1, 0.15) is 0 Å². The van der Waals surface area contributed by atoms with Gasteiger partial charge in [0, 0.05) is 0 Å². The molecule has 136 valence electrons. The Kier molecular flexibility index (Phi) is 5.10. The first-order valence-electron chi connectivity index (χ1n) is 7.55. The topological polar surface area (TPSA) is 87.1 Å². The first-order chi connectivity index (χ1) is 10.9. The molecule has 10 heteroatoms. The maximum absolute atomic E-state index is 12.5. The fourth-order valence-electron chi connectivity index (χ4n) is 3.76. The maximum atomic E-state index is 12.5. The van der Waals surface area contributed by atoms with Gasteiger partial charge in [-0.3, -0.25) is 5.32 Å². The first-order valence-corrected chi connectivity index (χ1v) is 8.37. The number of aromatic nitrogens is 2. The summed E-state index contributed by atoms with van der Waals surface area (Å²) in [6.45, 7) is 5.93. The van der Waals surface area contributed by atoms with E-state index in [-0.39, 0.29) is 28.5 Å².